The SMILES string of the molecule is CC(F)Sc1cccc(C(F)(F)F)c1. The van der Waals surface area contributed by atoms with Crippen LogP contribution in [-0.2, 0) is 6.18 Å². The Labute approximate surface area is 83.3 Å². The minimum atomic E-state index is -4.36. The molecule has 78 valence electrons. The number of hydrogen-bond donors (Lipinski definition) is 0. The van der Waals surface area contributed by atoms with E-state index < -0.39 is 17.2 Å². The van der Waals surface area contributed by atoms with E-state index in [-0.39, 0.29) is 4.90 Å². The maximum atomic E-state index is 12.5. The van der Waals surface area contributed by atoms with E-state index in [4.69, 9.17) is 0 Å². The van der Waals surface area contributed by atoms with Crippen molar-refractivity contribution in [2.45, 2.75) is 23.5 Å². The molecule has 1 rings (SSSR count). The first kappa shape index (κ1) is 11.4. The van der Waals surface area contributed by atoms with Gasteiger partial charge in [-0.2, -0.15) is 13.2 Å². The van der Waals surface area contributed by atoms with E-state index in [0.29, 0.717) is 0 Å². The lowest BCUT2D eigenvalue weighted by atomic mass is 10.2. The predicted molar refractivity (Wildman–Crippen MR) is 47.9 cm³/mol. The summed E-state index contributed by atoms with van der Waals surface area (Å²) in [5, 5.41) is 0. The zero-order valence-corrected chi connectivity index (χ0v) is 8.12. The molecule has 1 unspecified atom stereocenters. The smallest absolute Gasteiger partial charge is 0.236 e. The Morgan fingerprint density at radius 3 is 2.43 bits per heavy atom. The molecule has 14 heavy (non-hydrogen) atoms. The molecule has 1 aromatic carbocycles. The van der Waals surface area contributed by atoms with Crippen LogP contribution in [0.25, 0.3) is 0 Å². The third-order valence-electron chi connectivity index (χ3n) is 1.46. The van der Waals surface area contributed by atoms with Gasteiger partial charge in [-0.3, -0.25) is 0 Å². The van der Waals surface area contributed by atoms with Crippen molar-refractivity contribution in [2.24, 2.45) is 0 Å². The summed E-state index contributed by atoms with van der Waals surface area (Å²) in [6.45, 7) is 1.28. The van der Waals surface area contributed by atoms with Crippen molar-refractivity contribution in [3.63, 3.8) is 0 Å². The zero-order valence-electron chi connectivity index (χ0n) is 7.31. The van der Waals surface area contributed by atoms with Gasteiger partial charge < -0.3 is 0 Å². The van der Waals surface area contributed by atoms with Crippen molar-refractivity contribution in [1.82, 2.24) is 0 Å². The highest BCUT2D eigenvalue weighted by Gasteiger charge is 2.30. The van der Waals surface area contributed by atoms with Gasteiger partial charge in [-0.05, 0) is 25.1 Å². The Hall–Kier alpha value is -0.710. The second kappa shape index (κ2) is 4.21. The van der Waals surface area contributed by atoms with Gasteiger partial charge in [-0.25, -0.2) is 4.39 Å². The standard InChI is InChI=1S/C9H8F4S/c1-6(10)14-8-4-2-3-7(5-8)9(11,12)13/h2-6H,1H3. The Morgan fingerprint density at radius 2 is 1.93 bits per heavy atom. The molecule has 0 bridgehead atoms. The highest BCUT2D eigenvalue weighted by Crippen LogP contribution is 2.33. The normalized spacial score (nSPS) is 14.1. The molecule has 0 heterocycles. The molecule has 0 fully saturated rings. The number of hydrogen-bond acceptors (Lipinski definition) is 1. The number of benzene rings is 1. The van der Waals surface area contributed by atoms with Crippen LogP contribution in [-0.4, -0.2) is 5.50 Å². The van der Waals surface area contributed by atoms with E-state index in [1.807, 2.05) is 0 Å². The molecule has 0 aliphatic heterocycles. The number of alkyl halides is 4. The number of rotatable bonds is 2. The van der Waals surface area contributed by atoms with Gasteiger partial charge >= 0.3 is 6.18 Å². The quantitative estimate of drug-likeness (QED) is 0.538. The first-order valence-corrected chi connectivity index (χ1v) is 4.75. The van der Waals surface area contributed by atoms with Crippen molar-refractivity contribution in [2.75, 3.05) is 0 Å². The molecule has 0 saturated carbocycles. The van der Waals surface area contributed by atoms with Gasteiger partial charge in [0.15, 0.2) is 0 Å². The Bertz CT molecular complexity index is 306. The predicted octanol–water partition coefficient (Wildman–Crippen LogP) is 4.11. The van der Waals surface area contributed by atoms with E-state index in [9.17, 15) is 17.6 Å². The highest BCUT2D eigenvalue weighted by atomic mass is 32.2. The van der Waals surface area contributed by atoms with Crippen LogP contribution in [0.4, 0.5) is 17.6 Å². The van der Waals surface area contributed by atoms with Gasteiger partial charge in [0.2, 0.25) is 0 Å². The number of thioether (sulfide) groups is 1. The molecule has 5 heteroatoms. The van der Waals surface area contributed by atoms with Crippen molar-refractivity contribution in [1.29, 1.82) is 0 Å². The number of halogens is 4. The fourth-order valence-corrected chi connectivity index (χ4v) is 1.66. The highest BCUT2D eigenvalue weighted by molar-refractivity contribution is 7.99. The molecule has 0 amide bonds. The monoisotopic (exact) mass is 224 g/mol. The second-order valence-electron chi connectivity index (χ2n) is 2.69. The van der Waals surface area contributed by atoms with Gasteiger partial charge in [0, 0.05) is 4.90 Å². The summed E-state index contributed by atoms with van der Waals surface area (Å²) < 4.78 is 49.1. The minimum absolute atomic E-state index is 0.287. The lowest BCUT2D eigenvalue weighted by Gasteiger charge is -2.08. The zero-order chi connectivity index (χ0) is 10.8. The molecule has 0 aliphatic rings. The van der Waals surface area contributed by atoms with E-state index >= 15 is 0 Å². The molecule has 0 N–H and O–H groups in total. The lowest BCUT2D eigenvalue weighted by molar-refractivity contribution is -0.137. The van der Waals surface area contributed by atoms with Gasteiger partial charge in [-0.1, -0.05) is 17.8 Å². The van der Waals surface area contributed by atoms with Crippen LogP contribution in [0.15, 0.2) is 29.2 Å². The van der Waals surface area contributed by atoms with Gasteiger partial charge in [-0.15, -0.1) is 0 Å². The van der Waals surface area contributed by atoms with Crippen LogP contribution in [0.3, 0.4) is 0 Å². The largest absolute Gasteiger partial charge is 0.416 e. The third-order valence-corrected chi connectivity index (χ3v) is 2.31. The first-order valence-electron chi connectivity index (χ1n) is 3.87. The average molecular weight is 224 g/mol. The first-order chi connectivity index (χ1) is 6.39. The maximum Gasteiger partial charge on any atom is 0.416 e. The summed E-state index contributed by atoms with van der Waals surface area (Å²) in [5.41, 5.74) is -1.96. The van der Waals surface area contributed by atoms with E-state index in [1.54, 1.807) is 0 Å². The molecule has 1 aromatic rings. The summed E-state index contributed by atoms with van der Waals surface area (Å²) in [6, 6.07) is 4.64. The fourth-order valence-electron chi connectivity index (χ4n) is 0.933. The molecule has 0 spiro atoms. The molecule has 0 aromatic heterocycles. The molecule has 0 nitrogen and oxygen atoms in total. The topological polar surface area (TPSA) is 0 Å². The summed E-state index contributed by atoms with van der Waals surface area (Å²) in [6.07, 6.45) is -4.36. The van der Waals surface area contributed by atoms with Crippen LogP contribution >= 0.6 is 11.8 Å². The van der Waals surface area contributed by atoms with Crippen LogP contribution in [0, 0.1) is 0 Å². The van der Waals surface area contributed by atoms with Crippen LogP contribution in [0.1, 0.15) is 12.5 Å². The van der Waals surface area contributed by atoms with Crippen molar-refractivity contribution >= 4 is 11.8 Å². The summed E-state index contributed by atoms with van der Waals surface area (Å²) in [5.74, 6) is 0. The Kier molecular flexibility index (Phi) is 3.42. The lowest BCUT2D eigenvalue weighted by Crippen LogP contribution is -2.04. The van der Waals surface area contributed by atoms with Gasteiger partial charge in [0.1, 0.15) is 5.50 Å². The van der Waals surface area contributed by atoms with E-state index in [2.05, 4.69) is 0 Å². The fraction of sp³-hybridized carbons (Fsp3) is 0.333. The minimum Gasteiger partial charge on any atom is -0.236 e. The summed E-state index contributed by atoms with van der Waals surface area (Å²) >= 11 is 0.762. The van der Waals surface area contributed by atoms with Crippen LogP contribution < -0.4 is 0 Å². The summed E-state index contributed by atoms with van der Waals surface area (Å²) in [7, 11) is 0. The molecule has 0 aliphatic carbocycles. The molecule has 0 saturated heterocycles. The Balaban J connectivity index is 2.90. The third kappa shape index (κ3) is 3.21. The van der Waals surface area contributed by atoms with Crippen molar-refractivity contribution in [3.05, 3.63) is 29.8 Å². The van der Waals surface area contributed by atoms with Gasteiger partial charge in [0.05, 0.1) is 5.56 Å². The average Bonchev–Trinajstić information content (AvgIpc) is 2.01. The molecular formula is C9H8F4S. The van der Waals surface area contributed by atoms with Crippen molar-refractivity contribution in [3.8, 4) is 0 Å². The molecular weight excluding hydrogens is 216 g/mol. The Morgan fingerprint density at radius 1 is 1.29 bits per heavy atom. The van der Waals surface area contributed by atoms with Crippen LogP contribution in [0.2, 0.25) is 0 Å². The second-order valence-corrected chi connectivity index (χ2v) is 4.04. The van der Waals surface area contributed by atoms with E-state index in [1.165, 1.54) is 19.1 Å². The molecule has 0 radical (unpaired) electrons. The maximum absolute atomic E-state index is 12.5. The van der Waals surface area contributed by atoms with E-state index in [0.717, 1.165) is 23.9 Å². The van der Waals surface area contributed by atoms with Crippen molar-refractivity contribution < 1.29 is 17.6 Å². The summed E-state index contributed by atoms with van der Waals surface area (Å²) in [4.78, 5) is 0.287. The van der Waals surface area contributed by atoms with Gasteiger partial charge in [0.25, 0.3) is 0 Å². The van der Waals surface area contributed by atoms with Crippen LogP contribution in [0.5, 0.6) is 0 Å². The molecule has 1 atom stereocenters.